The van der Waals surface area contributed by atoms with E-state index < -0.39 is 5.54 Å². The van der Waals surface area contributed by atoms with Gasteiger partial charge in [0.25, 0.3) is 0 Å². The van der Waals surface area contributed by atoms with Crippen LogP contribution < -0.4 is 10.2 Å². The number of nitrogens with zero attached hydrogens (tertiary/aromatic N) is 2. The second-order valence-electron chi connectivity index (χ2n) is 6.66. The van der Waals surface area contributed by atoms with Gasteiger partial charge in [0.15, 0.2) is 0 Å². The van der Waals surface area contributed by atoms with E-state index in [1.165, 1.54) is 5.56 Å². The molecule has 1 heterocycles. The molecule has 1 aromatic carbocycles. The van der Waals surface area contributed by atoms with Gasteiger partial charge in [0, 0.05) is 11.7 Å². The first-order valence-corrected chi connectivity index (χ1v) is 7.94. The van der Waals surface area contributed by atoms with Gasteiger partial charge in [-0.3, -0.25) is 4.79 Å². The first-order valence-electron chi connectivity index (χ1n) is 7.94. The Labute approximate surface area is 133 Å². The summed E-state index contributed by atoms with van der Waals surface area (Å²) in [6.45, 7) is 8.12. The highest BCUT2D eigenvalue weighted by Gasteiger charge is 2.32. The number of rotatable bonds is 4. The minimum atomic E-state index is -0.824. The molecule has 1 aromatic rings. The first kappa shape index (κ1) is 16.4. The maximum Gasteiger partial charge on any atom is 0.240 e. The summed E-state index contributed by atoms with van der Waals surface area (Å²) in [5, 5.41) is 12.2. The number of nitriles is 1. The molecule has 1 N–H and O–H groups in total. The zero-order chi connectivity index (χ0) is 16.3. The predicted octanol–water partition coefficient (Wildman–Crippen LogP) is 2.88. The topological polar surface area (TPSA) is 56.1 Å². The van der Waals surface area contributed by atoms with E-state index in [0.717, 1.165) is 18.5 Å². The van der Waals surface area contributed by atoms with Crippen LogP contribution in [-0.4, -0.2) is 24.0 Å². The largest absolute Gasteiger partial charge is 0.359 e. The minimum Gasteiger partial charge on any atom is -0.359 e. The van der Waals surface area contributed by atoms with Gasteiger partial charge in [-0.2, -0.15) is 5.26 Å². The van der Waals surface area contributed by atoms with Crippen LogP contribution >= 0.6 is 0 Å². The van der Waals surface area contributed by atoms with E-state index in [4.69, 9.17) is 0 Å². The molecular formula is C18H25N3O. The molecule has 0 bridgehead atoms. The van der Waals surface area contributed by atoms with E-state index in [1.54, 1.807) is 6.92 Å². The normalized spacial score (nSPS) is 20.0. The lowest BCUT2D eigenvalue weighted by atomic mass is 9.90. The fourth-order valence-electron chi connectivity index (χ4n) is 2.79. The lowest BCUT2D eigenvalue weighted by molar-refractivity contribution is -0.121. The van der Waals surface area contributed by atoms with Crippen molar-refractivity contribution in [3.8, 4) is 6.07 Å². The van der Waals surface area contributed by atoms with E-state index in [-0.39, 0.29) is 11.8 Å². The average Bonchev–Trinajstić information content (AvgIpc) is 2.49. The summed E-state index contributed by atoms with van der Waals surface area (Å²) in [6, 6.07) is 10.8. The van der Waals surface area contributed by atoms with E-state index in [0.29, 0.717) is 12.6 Å². The number of hydrogen-bond acceptors (Lipinski definition) is 3. The highest BCUT2D eigenvalue weighted by Crippen LogP contribution is 2.30. The van der Waals surface area contributed by atoms with Crippen LogP contribution in [0.2, 0.25) is 0 Å². The van der Waals surface area contributed by atoms with Crippen molar-refractivity contribution in [3.05, 3.63) is 29.8 Å². The van der Waals surface area contributed by atoms with Gasteiger partial charge in [0.05, 0.1) is 12.6 Å². The number of benzene rings is 1. The molecule has 0 saturated carbocycles. The third-order valence-electron chi connectivity index (χ3n) is 4.76. The number of fused-ring (bicyclic) bond motifs is 1. The van der Waals surface area contributed by atoms with Gasteiger partial charge < -0.3 is 10.2 Å². The number of carbonyl (C=O) groups is 1. The summed E-state index contributed by atoms with van der Waals surface area (Å²) >= 11 is 0. The molecule has 2 rings (SSSR count). The highest BCUT2D eigenvalue weighted by atomic mass is 16.2. The molecule has 0 saturated heterocycles. The SMILES string of the molecule is CC(C)[C@](C)(C#N)NC(=O)CN1c2ccccc2CC[C@H]1C. The lowest BCUT2D eigenvalue weighted by Crippen LogP contribution is -2.53. The third kappa shape index (κ3) is 3.24. The Bertz CT molecular complexity index is 590. The zero-order valence-electron chi connectivity index (χ0n) is 13.9. The van der Waals surface area contributed by atoms with Crippen molar-refractivity contribution in [2.45, 2.75) is 52.1 Å². The summed E-state index contributed by atoms with van der Waals surface area (Å²) in [6.07, 6.45) is 2.10. The molecule has 0 radical (unpaired) electrons. The summed E-state index contributed by atoms with van der Waals surface area (Å²) < 4.78 is 0. The highest BCUT2D eigenvalue weighted by molar-refractivity contribution is 5.83. The van der Waals surface area contributed by atoms with Crippen molar-refractivity contribution in [3.63, 3.8) is 0 Å². The number of hydrogen-bond donors (Lipinski definition) is 1. The van der Waals surface area contributed by atoms with Gasteiger partial charge in [-0.1, -0.05) is 32.0 Å². The second kappa shape index (κ2) is 6.39. The van der Waals surface area contributed by atoms with Crippen molar-refractivity contribution in [2.75, 3.05) is 11.4 Å². The van der Waals surface area contributed by atoms with Crippen LogP contribution in [0.1, 0.15) is 39.7 Å². The van der Waals surface area contributed by atoms with Gasteiger partial charge >= 0.3 is 0 Å². The Morgan fingerprint density at radius 3 is 2.82 bits per heavy atom. The Balaban J connectivity index is 2.14. The summed E-state index contributed by atoms with van der Waals surface area (Å²) in [7, 11) is 0. The van der Waals surface area contributed by atoms with Crippen molar-refractivity contribution in [1.29, 1.82) is 5.26 Å². The van der Waals surface area contributed by atoms with E-state index >= 15 is 0 Å². The molecule has 0 spiro atoms. The molecule has 0 aliphatic carbocycles. The Morgan fingerprint density at radius 2 is 2.18 bits per heavy atom. The maximum absolute atomic E-state index is 12.4. The van der Waals surface area contributed by atoms with Crippen molar-refractivity contribution in [1.82, 2.24) is 5.32 Å². The fourth-order valence-corrected chi connectivity index (χ4v) is 2.79. The van der Waals surface area contributed by atoms with E-state index in [1.807, 2.05) is 26.0 Å². The molecule has 118 valence electrons. The molecule has 4 heteroatoms. The van der Waals surface area contributed by atoms with Crippen LogP contribution in [0.3, 0.4) is 0 Å². The van der Waals surface area contributed by atoms with Crippen LogP contribution in [0.25, 0.3) is 0 Å². The van der Waals surface area contributed by atoms with Gasteiger partial charge in [-0.15, -0.1) is 0 Å². The minimum absolute atomic E-state index is 0.0625. The number of amides is 1. The molecule has 4 nitrogen and oxygen atoms in total. The molecule has 2 atom stereocenters. The smallest absolute Gasteiger partial charge is 0.240 e. The maximum atomic E-state index is 12.4. The molecule has 0 aromatic heterocycles. The predicted molar refractivity (Wildman–Crippen MR) is 88.6 cm³/mol. The van der Waals surface area contributed by atoms with Crippen molar-refractivity contribution in [2.24, 2.45) is 5.92 Å². The summed E-state index contributed by atoms with van der Waals surface area (Å²) in [4.78, 5) is 14.6. The first-order chi connectivity index (χ1) is 10.4. The van der Waals surface area contributed by atoms with Gasteiger partial charge in [0.2, 0.25) is 5.91 Å². The monoisotopic (exact) mass is 299 g/mol. The van der Waals surface area contributed by atoms with Crippen LogP contribution in [-0.2, 0) is 11.2 Å². The number of para-hydroxylation sites is 1. The van der Waals surface area contributed by atoms with Crippen LogP contribution in [0.5, 0.6) is 0 Å². The summed E-state index contributed by atoms with van der Waals surface area (Å²) in [5.41, 5.74) is 1.61. The molecule has 0 fully saturated rings. The third-order valence-corrected chi connectivity index (χ3v) is 4.76. The average molecular weight is 299 g/mol. The standard InChI is InChI=1S/C18H25N3O/c1-13(2)18(4,12-19)20-17(22)11-21-14(3)9-10-15-7-5-6-8-16(15)21/h5-8,13-14H,9-11H2,1-4H3,(H,20,22)/t14-,18+/m1/s1. The lowest BCUT2D eigenvalue weighted by Gasteiger charge is -2.37. The Kier molecular flexibility index (Phi) is 4.75. The number of carbonyl (C=O) groups excluding carboxylic acids is 1. The number of aryl methyl sites for hydroxylation is 1. The summed E-state index contributed by atoms with van der Waals surface area (Å²) in [5.74, 6) is -0.0335. The van der Waals surface area contributed by atoms with Crippen LogP contribution in [0.15, 0.2) is 24.3 Å². The van der Waals surface area contributed by atoms with E-state index in [2.05, 4.69) is 35.3 Å². The Hall–Kier alpha value is -2.02. The fraction of sp³-hybridized carbons (Fsp3) is 0.556. The van der Waals surface area contributed by atoms with E-state index in [9.17, 15) is 10.1 Å². The molecule has 1 aliphatic heterocycles. The van der Waals surface area contributed by atoms with Gasteiger partial charge in [0.1, 0.15) is 5.54 Å². The van der Waals surface area contributed by atoms with Gasteiger partial charge in [-0.25, -0.2) is 0 Å². The van der Waals surface area contributed by atoms with Crippen molar-refractivity contribution < 1.29 is 4.79 Å². The molecular weight excluding hydrogens is 274 g/mol. The van der Waals surface area contributed by atoms with Crippen molar-refractivity contribution >= 4 is 11.6 Å². The second-order valence-corrected chi connectivity index (χ2v) is 6.66. The number of anilines is 1. The molecule has 1 amide bonds. The molecule has 1 aliphatic rings. The van der Waals surface area contributed by atoms with Crippen LogP contribution in [0, 0.1) is 17.2 Å². The number of nitrogens with one attached hydrogen (secondary N) is 1. The molecule has 0 unspecified atom stereocenters. The zero-order valence-corrected chi connectivity index (χ0v) is 13.9. The quantitative estimate of drug-likeness (QED) is 0.930. The molecule has 22 heavy (non-hydrogen) atoms. The van der Waals surface area contributed by atoms with Gasteiger partial charge in [-0.05, 0) is 44.2 Å². The van der Waals surface area contributed by atoms with Crippen LogP contribution in [0.4, 0.5) is 5.69 Å². The Morgan fingerprint density at radius 1 is 1.50 bits per heavy atom.